The number of guanidine groups is 1. The van der Waals surface area contributed by atoms with Crippen molar-refractivity contribution in [2.75, 3.05) is 11.9 Å². The Morgan fingerprint density at radius 1 is 1.05 bits per heavy atom. The van der Waals surface area contributed by atoms with E-state index in [9.17, 15) is 0 Å². The summed E-state index contributed by atoms with van der Waals surface area (Å²) in [5.74, 6) is 0.968. The molecule has 1 N–H and O–H groups in total. The molecule has 0 fully saturated rings. The highest BCUT2D eigenvalue weighted by molar-refractivity contribution is 5.96. The maximum atomic E-state index is 4.59. The number of hydrogen-bond donors (Lipinski definition) is 1. The molecule has 2 aromatic rings. The maximum absolute atomic E-state index is 4.59. The zero-order valence-electron chi connectivity index (χ0n) is 11.7. The van der Waals surface area contributed by atoms with Crippen LogP contribution in [0.2, 0.25) is 0 Å². The normalized spacial score (nSPS) is 15.8. The van der Waals surface area contributed by atoms with Crippen LogP contribution in [-0.2, 0) is 13.1 Å². The number of fused-ring (bicyclic) bond motifs is 1. The molecule has 3 rings (SSSR count). The van der Waals surface area contributed by atoms with Crippen molar-refractivity contribution in [3.8, 4) is 0 Å². The summed E-state index contributed by atoms with van der Waals surface area (Å²) in [6.07, 6.45) is 0. The van der Waals surface area contributed by atoms with Gasteiger partial charge in [-0.05, 0) is 24.1 Å². The second kappa shape index (κ2) is 5.78. The molecule has 1 heterocycles. The number of anilines is 1. The fourth-order valence-corrected chi connectivity index (χ4v) is 2.48. The van der Waals surface area contributed by atoms with Gasteiger partial charge in [0.1, 0.15) is 0 Å². The lowest BCUT2D eigenvalue weighted by atomic mass is 10.1. The molecule has 3 nitrogen and oxygen atoms in total. The van der Waals surface area contributed by atoms with Crippen molar-refractivity contribution >= 4 is 11.6 Å². The van der Waals surface area contributed by atoms with E-state index in [2.05, 4.69) is 70.7 Å². The van der Waals surface area contributed by atoms with E-state index in [1.165, 1.54) is 16.8 Å². The van der Waals surface area contributed by atoms with Crippen molar-refractivity contribution in [2.45, 2.75) is 20.0 Å². The van der Waals surface area contributed by atoms with Gasteiger partial charge in [-0.25, -0.2) is 0 Å². The lowest BCUT2D eigenvalue weighted by Crippen LogP contribution is -2.39. The Bertz CT molecular complexity index is 605. The molecule has 102 valence electrons. The summed E-state index contributed by atoms with van der Waals surface area (Å²) in [7, 11) is 0. The fourth-order valence-electron chi connectivity index (χ4n) is 2.48. The van der Waals surface area contributed by atoms with Crippen LogP contribution in [0, 0.1) is 0 Å². The summed E-state index contributed by atoms with van der Waals surface area (Å²) in [5.41, 5.74) is 3.79. The SMILES string of the molecule is CCN=C1Nc2ccccc2CN1Cc1ccccc1. The van der Waals surface area contributed by atoms with Gasteiger partial charge in [-0.3, -0.25) is 4.99 Å². The fraction of sp³-hybridized carbons (Fsp3) is 0.235. The Balaban J connectivity index is 1.87. The van der Waals surface area contributed by atoms with Crippen LogP contribution in [0.5, 0.6) is 0 Å². The molecule has 0 spiro atoms. The lowest BCUT2D eigenvalue weighted by Gasteiger charge is -2.32. The van der Waals surface area contributed by atoms with E-state index < -0.39 is 0 Å². The molecule has 1 aliphatic rings. The molecule has 3 heteroatoms. The smallest absolute Gasteiger partial charge is 0.199 e. The van der Waals surface area contributed by atoms with Crippen LogP contribution in [0.1, 0.15) is 18.1 Å². The van der Waals surface area contributed by atoms with Gasteiger partial charge in [0.2, 0.25) is 0 Å². The maximum Gasteiger partial charge on any atom is 0.199 e. The van der Waals surface area contributed by atoms with E-state index in [-0.39, 0.29) is 0 Å². The summed E-state index contributed by atoms with van der Waals surface area (Å²) in [6.45, 7) is 4.63. The van der Waals surface area contributed by atoms with Crippen molar-refractivity contribution in [1.82, 2.24) is 4.90 Å². The van der Waals surface area contributed by atoms with Crippen molar-refractivity contribution in [1.29, 1.82) is 0 Å². The molecule has 20 heavy (non-hydrogen) atoms. The molecule has 0 unspecified atom stereocenters. The van der Waals surface area contributed by atoms with Crippen LogP contribution in [0.25, 0.3) is 0 Å². The van der Waals surface area contributed by atoms with Gasteiger partial charge >= 0.3 is 0 Å². The first-order valence-corrected chi connectivity index (χ1v) is 7.05. The summed E-state index contributed by atoms with van der Waals surface area (Å²) in [5, 5.41) is 3.44. The van der Waals surface area contributed by atoms with E-state index in [1.807, 2.05) is 6.07 Å². The lowest BCUT2D eigenvalue weighted by molar-refractivity contribution is 0.398. The third kappa shape index (κ3) is 2.67. The molecule has 1 aliphatic heterocycles. The molecule has 0 bridgehead atoms. The van der Waals surface area contributed by atoms with Crippen LogP contribution in [-0.4, -0.2) is 17.4 Å². The number of nitrogens with one attached hydrogen (secondary N) is 1. The Morgan fingerprint density at radius 3 is 2.60 bits per heavy atom. The summed E-state index contributed by atoms with van der Waals surface area (Å²) < 4.78 is 0. The minimum Gasteiger partial charge on any atom is -0.334 e. The first-order chi connectivity index (χ1) is 9.86. The molecular weight excluding hydrogens is 246 g/mol. The highest BCUT2D eigenvalue weighted by Crippen LogP contribution is 2.24. The summed E-state index contributed by atoms with van der Waals surface area (Å²) in [4.78, 5) is 6.88. The largest absolute Gasteiger partial charge is 0.334 e. The Labute approximate surface area is 120 Å². The number of para-hydroxylation sites is 1. The summed E-state index contributed by atoms with van der Waals surface area (Å²) >= 11 is 0. The molecule has 0 saturated carbocycles. The Morgan fingerprint density at radius 2 is 1.80 bits per heavy atom. The second-order valence-corrected chi connectivity index (χ2v) is 4.92. The Hall–Kier alpha value is -2.29. The van der Waals surface area contributed by atoms with Gasteiger partial charge in [0, 0.05) is 25.3 Å². The number of nitrogens with zero attached hydrogens (tertiary/aromatic N) is 2. The third-order valence-corrected chi connectivity index (χ3v) is 3.45. The minimum atomic E-state index is 0.787. The average Bonchev–Trinajstić information content (AvgIpc) is 2.49. The molecule has 0 aromatic heterocycles. The van der Waals surface area contributed by atoms with Crippen molar-refractivity contribution in [3.05, 3.63) is 65.7 Å². The van der Waals surface area contributed by atoms with E-state index in [4.69, 9.17) is 0 Å². The van der Waals surface area contributed by atoms with Crippen molar-refractivity contribution < 1.29 is 0 Å². The molecular formula is C17H19N3. The predicted octanol–water partition coefficient (Wildman–Crippen LogP) is 3.49. The molecule has 2 aromatic carbocycles. The number of rotatable bonds is 3. The molecule has 0 saturated heterocycles. The van der Waals surface area contributed by atoms with Crippen molar-refractivity contribution in [2.24, 2.45) is 4.99 Å². The number of aliphatic imine (C=N–C) groups is 1. The van der Waals surface area contributed by atoms with Gasteiger partial charge in [0.05, 0.1) is 0 Å². The van der Waals surface area contributed by atoms with Crippen LogP contribution in [0.4, 0.5) is 5.69 Å². The van der Waals surface area contributed by atoms with Gasteiger partial charge in [0.25, 0.3) is 0 Å². The first kappa shape index (κ1) is 12.7. The van der Waals surface area contributed by atoms with Gasteiger partial charge in [-0.1, -0.05) is 48.5 Å². The number of hydrogen-bond acceptors (Lipinski definition) is 1. The van der Waals surface area contributed by atoms with Crippen LogP contribution in [0.3, 0.4) is 0 Å². The van der Waals surface area contributed by atoms with E-state index in [0.29, 0.717) is 0 Å². The highest BCUT2D eigenvalue weighted by atomic mass is 15.3. The van der Waals surface area contributed by atoms with E-state index in [1.54, 1.807) is 0 Å². The Kier molecular flexibility index (Phi) is 3.68. The van der Waals surface area contributed by atoms with Crippen LogP contribution in [0.15, 0.2) is 59.6 Å². The predicted molar refractivity (Wildman–Crippen MR) is 83.7 cm³/mol. The second-order valence-electron chi connectivity index (χ2n) is 4.92. The minimum absolute atomic E-state index is 0.787. The number of benzene rings is 2. The monoisotopic (exact) mass is 265 g/mol. The highest BCUT2D eigenvalue weighted by Gasteiger charge is 2.20. The van der Waals surface area contributed by atoms with E-state index in [0.717, 1.165) is 25.6 Å². The van der Waals surface area contributed by atoms with Gasteiger partial charge < -0.3 is 10.2 Å². The van der Waals surface area contributed by atoms with Gasteiger partial charge in [-0.15, -0.1) is 0 Å². The topological polar surface area (TPSA) is 27.6 Å². The molecule has 0 radical (unpaired) electrons. The van der Waals surface area contributed by atoms with Gasteiger partial charge in [0.15, 0.2) is 5.96 Å². The van der Waals surface area contributed by atoms with Crippen LogP contribution >= 0.6 is 0 Å². The van der Waals surface area contributed by atoms with Crippen molar-refractivity contribution in [3.63, 3.8) is 0 Å². The van der Waals surface area contributed by atoms with E-state index >= 15 is 0 Å². The van der Waals surface area contributed by atoms with Crippen LogP contribution < -0.4 is 5.32 Å². The molecule has 0 atom stereocenters. The zero-order chi connectivity index (χ0) is 13.8. The first-order valence-electron chi connectivity index (χ1n) is 7.05. The summed E-state index contributed by atoms with van der Waals surface area (Å²) in [6, 6.07) is 19.0. The molecule has 0 amide bonds. The standard InChI is InChI=1S/C17H19N3/c1-2-18-17-19-16-11-7-6-10-15(16)13-20(17)12-14-8-4-3-5-9-14/h3-11H,2,12-13H2,1H3,(H,18,19). The quantitative estimate of drug-likeness (QED) is 0.920. The van der Waals surface area contributed by atoms with Gasteiger partial charge in [-0.2, -0.15) is 0 Å². The molecule has 0 aliphatic carbocycles. The zero-order valence-corrected chi connectivity index (χ0v) is 11.7. The third-order valence-electron chi connectivity index (χ3n) is 3.45. The average molecular weight is 265 g/mol.